The van der Waals surface area contributed by atoms with Gasteiger partial charge in [0.2, 0.25) is 5.91 Å². The highest BCUT2D eigenvalue weighted by Crippen LogP contribution is 2.21. The second-order valence-corrected chi connectivity index (χ2v) is 4.90. The Labute approximate surface area is 116 Å². The third-order valence-electron chi connectivity index (χ3n) is 2.52. The zero-order valence-corrected chi connectivity index (χ0v) is 11.3. The number of carbonyl (C=O) groups excluding carboxylic acids is 1. The molecule has 5 heteroatoms. The average molecular weight is 273 g/mol. The Bertz CT molecular complexity index is 551. The molecular weight excluding hydrogens is 258 g/mol. The zero-order valence-electron chi connectivity index (χ0n) is 10.5. The molecule has 0 aromatic carbocycles. The fourth-order valence-corrected chi connectivity index (χ4v) is 2.37. The highest BCUT2D eigenvalue weighted by molar-refractivity contribution is 7.09. The van der Waals surface area contributed by atoms with Crippen LogP contribution in [-0.4, -0.2) is 22.4 Å². The summed E-state index contributed by atoms with van der Waals surface area (Å²) in [6.45, 7) is 4.07. The fourth-order valence-electron chi connectivity index (χ4n) is 1.57. The van der Waals surface area contributed by atoms with Crippen molar-refractivity contribution in [2.24, 2.45) is 0 Å². The predicted octanol–water partition coefficient (Wildman–Crippen LogP) is 2.44. The van der Waals surface area contributed by atoms with Crippen LogP contribution in [0.25, 0.3) is 11.3 Å². The van der Waals surface area contributed by atoms with Crippen molar-refractivity contribution in [1.29, 1.82) is 0 Å². The van der Waals surface area contributed by atoms with E-state index in [0.717, 1.165) is 16.3 Å². The lowest BCUT2D eigenvalue weighted by molar-refractivity contribution is -0.120. The van der Waals surface area contributed by atoms with Gasteiger partial charge in [0.25, 0.3) is 0 Å². The predicted molar refractivity (Wildman–Crippen MR) is 76.9 cm³/mol. The lowest BCUT2D eigenvalue weighted by Gasteiger charge is -1.99. The quantitative estimate of drug-likeness (QED) is 0.822. The largest absolute Gasteiger partial charge is 0.353 e. The first-order valence-corrected chi connectivity index (χ1v) is 6.90. The molecule has 1 amide bonds. The number of hydrogen-bond donors (Lipinski definition) is 1. The number of pyridine rings is 1. The Morgan fingerprint density at radius 3 is 3.16 bits per heavy atom. The summed E-state index contributed by atoms with van der Waals surface area (Å²) in [6.07, 6.45) is 6.31. The zero-order chi connectivity index (χ0) is 13.5. The molecule has 19 heavy (non-hydrogen) atoms. The summed E-state index contributed by atoms with van der Waals surface area (Å²) in [4.78, 5) is 20.0. The maximum Gasteiger partial charge on any atom is 0.220 e. The molecule has 0 aliphatic heterocycles. The molecule has 1 N–H and O–H groups in total. The lowest BCUT2D eigenvalue weighted by atomic mass is 10.2. The van der Waals surface area contributed by atoms with Gasteiger partial charge in [0.1, 0.15) is 0 Å². The van der Waals surface area contributed by atoms with Gasteiger partial charge in [0.05, 0.1) is 10.7 Å². The smallest absolute Gasteiger partial charge is 0.220 e. The molecule has 0 spiro atoms. The van der Waals surface area contributed by atoms with Crippen molar-refractivity contribution in [3.63, 3.8) is 0 Å². The lowest BCUT2D eigenvalue weighted by Crippen LogP contribution is -2.23. The Morgan fingerprint density at radius 2 is 2.42 bits per heavy atom. The third kappa shape index (κ3) is 3.99. The van der Waals surface area contributed by atoms with Crippen LogP contribution in [0.1, 0.15) is 11.4 Å². The second-order valence-electron chi connectivity index (χ2n) is 3.96. The highest BCUT2D eigenvalue weighted by Gasteiger charge is 2.06. The monoisotopic (exact) mass is 273 g/mol. The van der Waals surface area contributed by atoms with Crippen LogP contribution in [0, 0.1) is 0 Å². The third-order valence-corrected chi connectivity index (χ3v) is 3.43. The minimum absolute atomic E-state index is 0.0260. The molecule has 0 aliphatic rings. The summed E-state index contributed by atoms with van der Waals surface area (Å²) in [5.74, 6) is 0.0260. The summed E-state index contributed by atoms with van der Waals surface area (Å²) >= 11 is 1.57. The van der Waals surface area contributed by atoms with Crippen molar-refractivity contribution in [3.8, 4) is 11.3 Å². The van der Waals surface area contributed by atoms with Crippen molar-refractivity contribution < 1.29 is 4.79 Å². The molecule has 2 aromatic heterocycles. The van der Waals surface area contributed by atoms with E-state index in [-0.39, 0.29) is 5.91 Å². The van der Waals surface area contributed by atoms with Gasteiger partial charge in [-0.05, 0) is 12.1 Å². The van der Waals surface area contributed by atoms with E-state index in [1.165, 1.54) is 0 Å². The van der Waals surface area contributed by atoms with Gasteiger partial charge in [-0.1, -0.05) is 6.08 Å². The number of hydrogen-bond acceptors (Lipinski definition) is 4. The van der Waals surface area contributed by atoms with Gasteiger partial charge in [-0.15, -0.1) is 17.9 Å². The van der Waals surface area contributed by atoms with Crippen LogP contribution in [-0.2, 0) is 11.2 Å². The molecule has 0 bridgehead atoms. The van der Waals surface area contributed by atoms with Crippen molar-refractivity contribution in [2.75, 3.05) is 6.54 Å². The standard InChI is InChI=1S/C14H15N3OS/c1-2-7-16-13(18)5-6-14-17-12(10-19-14)11-4-3-8-15-9-11/h2-4,8-10H,1,5-7H2,(H,16,18). The number of aryl methyl sites for hydroxylation is 1. The van der Waals surface area contributed by atoms with Crippen LogP contribution < -0.4 is 5.32 Å². The van der Waals surface area contributed by atoms with Gasteiger partial charge in [-0.2, -0.15) is 0 Å². The van der Waals surface area contributed by atoms with Crippen molar-refractivity contribution in [2.45, 2.75) is 12.8 Å². The number of amides is 1. The highest BCUT2D eigenvalue weighted by atomic mass is 32.1. The van der Waals surface area contributed by atoms with Crippen LogP contribution in [0.15, 0.2) is 42.6 Å². The summed E-state index contributed by atoms with van der Waals surface area (Å²) < 4.78 is 0. The Balaban J connectivity index is 1.91. The van der Waals surface area contributed by atoms with Crippen LogP contribution in [0.3, 0.4) is 0 Å². The van der Waals surface area contributed by atoms with E-state index in [1.807, 2.05) is 17.5 Å². The van der Waals surface area contributed by atoms with Gasteiger partial charge in [0.15, 0.2) is 0 Å². The molecule has 2 rings (SSSR count). The molecular formula is C14H15N3OS. The minimum atomic E-state index is 0.0260. The Hall–Kier alpha value is -2.01. The first-order chi connectivity index (χ1) is 9.29. The number of nitrogens with one attached hydrogen (secondary N) is 1. The Kier molecular flexibility index (Phi) is 4.80. The fraction of sp³-hybridized carbons (Fsp3) is 0.214. The molecule has 98 valence electrons. The maximum atomic E-state index is 11.5. The maximum absolute atomic E-state index is 11.5. The SMILES string of the molecule is C=CCNC(=O)CCc1nc(-c2cccnc2)cs1. The van der Waals surface area contributed by atoms with Crippen molar-refractivity contribution in [1.82, 2.24) is 15.3 Å². The molecule has 2 aromatic rings. The molecule has 0 fully saturated rings. The molecule has 0 aliphatic carbocycles. The van der Waals surface area contributed by atoms with E-state index < -0.39 is 0 Å². The molecule has 0 radical (unpaired) electrons. The average Bonchev–Trinajstić information content (AvgIpc) is 2.93. The first kappa shape index (κ1) is 13.4. The van der Waals surface area contributed by atoms with Gasteiger partial charge in [0, 0.05) is 42.7 Å². The van der Waals surface area contributed by atoms with Gasteiger partial charge in [-0.3, -0.25) is 9.78 Å². The topological polar surface area (TPSA) is 54.9 Å². The van der Waals surface area contributed by atoms with E-state index in [0.29, 0.717) is 19.4 Å². The van der Waals surface area contributed by atoms with Crippen LogP contribution >= 0.6 is 11.3 Å². The molecule has 0 saturated heterocycles. The number of thiazole rings is 1. The van der Waals surface area contributed by atoms with Crippen molar-refractivity contribution in [3.05, 3.63) is 47.6 Å². The molecule has 2 heterocycles. The van der Waals surface area contributed by atoms with Crippen LogP contribution in [0.2, 0.25) is 0 Å². The van der Waals surface area contributed by atoms with E-state index >= 15 is 0 Å². The Morgan fingerprint density at radius 1 is 1.53 bits per heavy atom. The second kappa shape index (κ2) is 6.80. The van der Waals surface area contributed by atoms with E-state index in [4.69, 9.17) is 0 Å². The number of rotatable bonds is 6. The number of carbonyl (C=O) groups is 1. The summed E-state index contributed by atoms with van der Waals surface area (Å²) in [7, 11) is 0. The van der Waals surface area contributed by atoms with E-state index in [9.17, 15) is 4.79 Å². The molecule has 0 saturated carbocycles. The first-order valence-electron chi connectivity index (χ1n) is 6.02. The number of nitrogens with zero attached hydrogens (tertiary/aromatic N) is 2. The van der Waals surface area contributed by atoms with Gasteiger partial charge < -0.3 is 5.32 Å². The summed E-state index contributed by atoms with van der Waals surface area (Å²) in [5, 5.41) is 5.71. The molecule has 0 unspecified atom stereocenters. The number of aromatic nitrogens is 2. The van der Waals surface area contributed by atoms with Crippen LogP contribution in [0.4, 0.5) is 0 Å². The van der Waals surface area contributed by atoms with Gasteiger partial charge in [-0.25, -0.2) is 4.98 Å². The molecule has 4 nitrogen and oxygen atoms in total. The minimum Gasteiger partial charge on any atom is -0.353 e. The van der Waals surface area contributed by atoms with E-state index in [1.54, 1.807) is 29.8 Å². The van der Waals surface area contributed by atoms with E-state index in [2.05, 4.69) is 21.9 Å². The summed E-state index contributed by atoms with van der Waals surface area (Å²) in [6, 6.07) is 3.86. The van der Waals surface area contributed by atoms with Gasteiger partial charge >= 0.3 is 0 Å². The molecule has 0 atom stereocenters. The normalized spacial score (nSPS) is 10.1. The van der Waals surface area contributed by atoms with Crippen molar-refractivity contribution >= 4 is 17.2 Å². The summed E-state index contributed by atoms with van der Waals surface area (Å²) in [5.41, 5.74) is 1.92. The van der Waals surface area contributed by atoms with Crippen LogP contribution in [0.5, 0.6) is 0 Å².